The van der Waals surface area contributed by atoms with Gasteiger partial charge in [0.05, 0.1) is 0 Å². The predicted molar refractivity (Wildman–Crippen MR) is 97.2 cm³/mol. The lowest BCUT2D eigenvalue weighted by atomic mass is 9.96. The molecule has 0 amide bonds. The van der Waals surface area contributed by atoms with Gasteiger partial charge in [0.1, 0.15) is 5.75 Å². The number of alkyl halides is 3. The number of ether oxygens (including phenoxy) is 1. The van der Waals surface area contributed by atoms with Crippen LogP contribution < -0.4 is 10.1 Å². The fourth-order valence-electron chi connectivity index (χ4n) is 3.23. The van der Waals surface area contributed by atoms with Gasteiger partial charge in [-0.05, 0) is 23.6 Å². The number of hydrogen-bond donors (Lipinski definition) is 1. The van der Waals surface area contributed by atoms with Crippen LogP contribution in [0.15, 0.2) is 54.6 Å². The van der Waals surface area contributed by atoms with Crippen LogP contribution in [0.1, 0.15) is 24.6 Å². The van der Waals surface area contributed by atoms with Crippen molar-refractivity contribution in [1.82, 2.24) is 10.2 Å². The molecule has 0 saturated carbocycles. The van der Waals surface area contributed by atoms with E-state index in [1.165, 1.54) is 6.07 Å². The van der Waals surface area contributed by atoms with E-state index in [-0.39, 0.29) is 19.2 Å². The van der Waals surface area contributed by atoms with Crippen LogP contribution in [0.5, 0.6) is 5.75 Å². The molecular weight excluding hydrogens is 341 g/mol. The average Bonchev–Trinajstić information content (AvgIpc) is 2.61. The lowest BCUT2D eigenvalue weighted by Gasteiger charge is -2.35. The Balaban J connectivity index is 0.00000243. The third-order valence-corrected chi connectivity index (χ3v) is 4.39. The third-order valence-electron chi connectivity index (χ3n) is 4.39. The molecule has 1 fully saturated rings. The standard InChI is InChI=1S/C19H21F3N2O.CH4/c20-19(21,22)25-18-9-5-4-8-16(18)14-17(15-6-2-1-3-7-15)24-12-10-23-11-13-24;/h1-9,17,23H,10-14H2;1H4. The molecule has 1 N–H and O–H groups in total. The van der Waals surface area contributed by atoms with Gasteiger partial charge in [0.2, 0.25) is 0 Å². The topological polar surface area (TPSA) is 24.5 Å². The molecule has 2 aromatic carbocycles. The molecular formula is C20H25F3N2O. The molecule has 1 aliphatic heterocycles. The van der Waals surface area contributed by atoms with Crippen molar-refractivity contribution in [2.45, 2.75) is 26.3 Å². The van der Waals surface area contributed by atoms with E-state index in [0.29, 0.717) is 12.0 Å². The molecule has 0 aliphatic carbocycles. The first-order chi connectivity index (χ1) is 12.0. The van der Waals surface area contributed by atoms with E-state index >= 15 is 0 Å². The summed E-state index contributed by atoms with van der Waals surface area (Å²) in [6.07, 6.45) is -4.22. The highest BCUT2D eigenvalue weighted by Crippen LogP contribution is 2.32. The van der Waals surface area contributed by atoms with Gasteiger partial charge in [-0.25, -0.2) is 0 Å². The zero-order valence-corrected chi connectivity index (χ0v) is 13.8. The van der Waals surface area contributed by atoms with Gasteiger partial charge >= 0.3 is 6.36 Å². The summed E-state index contributed by atoms with van der Waals surface area (Å²) in [5.41, 5.74) is 1.67. The first-order valence-corrected chi connectivity index (χ1v) is 8.36. The van der Waals surface area contributed by atoms with Crippen LogP contribution in [-0.2, 0) is 6.42 Å². The molecule has 1 saturated heterocycles. The first-order valence-electron chi connectivity index (χ1n) is 8.36. The highest BCUT2D eigenvalue weighted by atomic mass is 19.4. The molecule has 6 heteroatoms. The van der Waals surface area contributed by atoms with Crippen LogP contribution in [0, 0.1) is 0 Å². The molecule has 3 rings (SSSR count). The van der Waals surface area contributed by atoms with Gasteiger partial charge in [-0.1, -0.05) is 56.0 Å². The van der Waals surface area contributed by atoms with E-state index in [9.17, 15) is 13.2 Å². The van der Waals surface area contributed by atoms with Crippen molar-refractivity contribution >= 4 is 0 Å². The largest absolute Gasteiger partial charge is 0.573 e. The number of halogens is 3. The summed E-state index contributed by atoms with van der Waals surface area (Å²) in [5, 5.41) is 3.31. The van der Waals surface area contributed by atoms with Crippen LogP contribution in [0.4, 0.5) is 13.2 Å². The number of rotatable bonds is 5. The minimum Gasteiger partial charge on any atom is -0.406 e. The van der Waals surface area contributed by atoms with Gasteiger partial charge in [0, 0.05) is 32.2 Å². The Bertz CT molecular complexity index is 670. The van der Waals surface area contributed by atoms with Gasteiger partial charge in [-0.2, -0.15) is 0 Å². The zero-order chi connectivity index (χ0) is 17.7. The lowest BCUT2D eigenvalue weighted by Crippen LogP contribution is -2.45. The molecule has 1 heterocycles. The van der Waals surface area contributed by atoms with Crippen LogP contribution in [0.3, 0.4) is 0 Å². The molecule has 1 atom stereocenters. The number of hydrogen-bond acceptors (Lipinski definition) is 3. The van der Waals surface area contributed by atoms with E-state index in [1.54, 1.807) is 18.2 Å². The Morgan fingerprint density at radius 3 is 2.23 bits per heavy atom. The quantitative estimate of drug-likeness (QED) is 0.848. The van der Waals surface area contributed by atoms with E-state index < -0.39 is 6.36 Å². The van der Waals surface area contributed by atoms with Crippen LogP contribution >= 0.6 is 0 Å². The second-order valence-electron chi connectivity index (χ2n) is 6.07. The van der Waals surface area contributed by atoms with Crippen molar-refractivity contribution in [3.8, 4) is 5.75 Å². The Morgan fingerprint density at radius 2 is 1.58 bits per heavy atom. The lowest BCUT2D eigenvalue weighted by molar-refractivity contribution is -0.274. The van der Waals surface area contributed by atoms with Gasteiger partial charge in [0.25, 0.3) is 0 Å². The zero-order valence-electron chi connectivity index (χ0n) is 13.8. The summed E-state index contributed by atoms with van der Waals surface area (Å²) in [6, 6.07) is 16.3. The van der Waals surface area contributed by atoms with Gasteiger partial charge < -0.3 is 10.1 Å². The monoisotopic (exact) mass is 366 g/mol. The van der Waals surface area contributed by atoms with E-state index in [4.69, 9.17) is 0 Å². The fraction of sp³-hybridized carbons (Fsp3) is 0.400. The molecule has 0 aromatic heterocycles. The molecule has 1 aliphatic rings. The smallest absolute Gasteiger partial charge is 0.406 e. The normalized spacial score (nSPS) is 16.6. The summed E-state index contributed by atoms with van der Waals surface area (Å²) in [5.74, 6) is -0.119. The Hall–Kier alpha value is -2.05. The number of piperazine rings is 1. The summed E-state index contributed by atoms with van der Waals surface area (Å²) < 4.78 is 42.3. The first kappa shape index (κ1) is 20.3. The number of nitrogens with one attached hydrogen (secondary N) is 1. The summed E-state index contributed by atoms with van der Waals surface area (Å²) in [4.78, 5) is 2.32. The highest BCUT2D eigenvalue weighted by Gasteiger charge is 2.32. The van der Waals surface area contributed by atoms with Crippen molar-refractivity contribution in [3.63, 3.8) is 0 Å². The second-order valence-corrected chi connectivity index (χ2v) is 6.07. The number of nitrogens with zero attached hydrogens (tertiary/aromatic N) is 1. The molecule has 0 spiro atoms. The maximum atomic E-state index is 12.7. The van der Waals surface area contributed by atoms with Crippen LogP contribution in [0.25, 0.3) is 0 Å². The minimum atomic E-state index is -4.69. The van der Waals surface area contributed by atoms with Crippen molar-refractivity contribution in [2.75, 3.05) is 26.2 Å². The Morgan fingerprint density at radius 1 is 0.962 bits per heavy atom. The highest BCUT2D eigenvalue weighted by molar-refractivity contribution is 5.35. The van der Waals surface area contributed by atoms with E-state index in [0.717, 1.165) is 31.7 Å². The third kappa shape index (κ3) is 5.47. The van der Waals surface area contributed by atoms with E-state index in [1.807, 2.05) is 30.3 Å². The second kappa shape index (κ2) is 9.05. The summed E-state index contributed by atoms with van der Waals surface area (Å²) in [7, 11) is 0. The SMILES string of the molecule is C.FC(F)(F)Oc1ccccc1CC(c1ccccc1)N1CCNCC1. The summed E-state index contributed by atoms with van der Waals surface area (Å²) >= 11 is 0. The molecule has 26 heavy (non-hydrogen) atoms. The molecule has 1 unspecified atom stereocenters. The maximum absolute atomic E-state index is 12.7. The molecule has 2 aromatic rings. The number of para-hydroxylation sites is 1. The van der Waals surface area contributed by atoms with Crippen molar-refractivity contribution in [1.29, 1.82) is 0 Å². The summed E-state index contributed by atoms with van der Waals surface area (Å²) in [6.45, 7) is 3.48. The average molecular weight is 366 g/mol. The number of benzene rings is 2. The Labute approximate surface area is 152 Å². The van der Waals surface area contributed by atoms with Crippen LogP contribution in [-0.4, -0.2) is 37.4 Å². The molecule has 3 nitrogen and oxygen atoms in total. The minimum absolute atomic E-state index is 0. The van der Waals surface area contributed by atoms with Crippen LogP contribution in [0.2, 0.25) is 0 Å². The van der Waals surface area contributed by atoms with Gasteiger partial charge in [0.15, 0.2) is 0 Å². The Kier molecular flexibility index (Phi) is 7.06. The van der Waals surface area contributed by atoms with Gasteiger partial charge in [-0.15, -0.1) is 13.2 Å². The fourth-order valence-corrected chi connectivity index (χ4v) is 3.23. The van der Waals surface area contributed by atoms with Gasteiger partial charge in [-0.3, -0.25) is 4.90 Å². The molecule has 0 bridgehead atoms. The van der Waals surface area contributed by atoms with E-state index in [2.05, 4.69) is 15.0 Å². The van der Waals surface area contributed by atoms with Crippen molar-refractivity contribution < 1.29 is 17.9 Å². The van der Waals surface area contributed by atoms with Crippen molar-refractivity contribution in [3.05, 3.63) is 65.7 Å². The van der Waals surface area contributed by atoms with Crippen molar-refractivity contribution in [2.24, 2.45) is 0 Å². The maximum Gasteiger partial charge on any atom is 0.573 e. The molecule has 142 valence electrons. The molecule has 0 radical (unpaired) electrons. The predicted octanol–water partition coefficient (Wildman–Crippen LogP) is 4.41.